The van der Waals surface area contributed by atoms with Crippen LogP contribution in [0.25, 0.3) is 11.1 Å². The fraction of sp³-hybridized carbons (Fsp3) is 0.387. The summed E-state index contributed by atoms with van der Waals surface area (Å²) in [6.45, 7) is 4.93. The third-order valence-corrected chi connectivity index (χ3v) is 7.27. The molecule has 3 aromatic rings. The fourth-order valence-corrected chi connectivity index (χ4v) is 5.01. The van der Waals surface area contributed by atoms with Crippen molar-refractivity contribution in [3.8, 4) is 28.7 Å². The third kappa shape index (κ3) is 7.34. The van der Waals surface area contributed by atoms with Gasteiger partial charge in [0, 0.05) is 35.5 Å². The van der Waals surface area contributed by atoms with Crippen molar-refractivity contribution in [1.29, 1.82) is 0 Å². The zero-order chi connectivity index (χ0) is 25.2. The number of aliphatic hydroxyl groups is 1. The maximum absolute atomic E-state index is 9.01. The monoisotopic (exact) mass is 502 g/mol. The molecule has 2 aromatic carbocycles. The van der Waals surface area contributed by atoms with Gasteiger partial charge in [-0.05, 0) is 98.0 Å². The Labute approximate surface area is 220 Å². The van der Waals surface area contributed by atoms with Crippen molar-refractivity contribution >= 4 is 11.6 Å². The lowest BCUT2D eigenvalue weighted by Gasteiger charge is -2.29. The summed E-state index contributed by atoms with van der Waals surface area (Å²) in [5.74, 6) is 7.31. The van der Waals surface area contributed by atoms with Crippen LogP contribution in [0, 0.1) is 24.2 Å². The molecular weight excluding hydrogens is 468 g/mol. The number of nitrogens with one attached hydrogen (secondary N) is 1. The van der Waals surface area contributed by atoms with E-state index in [1.165, 1.54) is 25.7 Å². The number of benzene rings is 2. The molecule has 1 aliphatic carbocycles. The average Bonchev–Trinajstić information content (AvgIpc) is 3.36. The Balaban J connectivity index is 1.32. The van der Waals surface area contributed by atoms with Crippen LogP contribution in [0.5, 0.6) is 5.75 Å². The number of halogens is 1. The minimum Gasteiger partial charge on any atom is -0.493 e. The Morgan fingerprint density at radius 3 is 2.50 bits per heavy atom. The Morgan fingerprint density at radius 2 is 1.81 bits per heavy atom. The molecule has 1 aromatic heterocycles. The first-order valence-corrected chi connectivity index (χ1v) is 13.2. The van der Waals surface area contributed by atoms with Crippen LogP contribution in [-0.2, 0) is 0 Å². The molecule has 1 heterocycles. The highest BCUT2D eigenvalue weighted by molar-refractivity contribution is 6.30. The van der Waals surface area contributed by atoms with Gasteiger partial charge in [-0.1, -0.05) is 48.6 Å². The molecule has 0 radical (unpaired) electrons. The lowest BCUT2D eigenvalue weighted by Crippen LogP contribution is -2.34. The number of hydrogen-bond acceptors (Lipinski definition) is 4. The highest BCUT2D eigenvalue weighted by Crippen LogP contribution is 2.40. The van der Waals surface area contributed by atoms with E-state index in [0.717, 1.165) is 71.3 Å². The lowest BCUT2D eigenvalue weighted by molar-refractivity contribution is 0.190. The number of hydrogen-bond donors (Lipinski definition) is 2. The third-order valence-electron chi connectivity index (χ3n) is 7.02. The van der Waals surface area contributed by atoms with Crippen LogP contribution in [0.1, 0.15) is 55.3 Å². The average molecular weight is 503 g/mol. The van der Waals surface area contributed by atoms with Crippen molar-refractivity contribution in [2.75, 3.05) is 26.3 Å². The first kappa shape index (κ1) is 26.2. The van der Waals surface area contributed by atoms with Gasteiger partial charge in [-0.15, -0.1) is 0 Å². The molecule has 0 spiro atoms. The van der Waals surface area contributed by atoms with Crippen LogP contribution in [-0.4, -0.2) is 36.4 Å². The molecule has 5 heteroatoms. The molecule has 0 atom stereocenters. The highest BCUT2D eigenvalue weighted by atomic mass is 35.5. The van der Waals surface area contributed by atoms with Crippen molar-refractivity contribution in [2.24, 2.45) is 5.41 Å². The normalized spacial score (nSPS) is 14.3. The summed E-state index contributed by atoms with van der Waals surface area (Å²) in [5, 5.41) is 13.3. The van der Waals surface area contributed by atoms with Crippen molar-refractivity contribution in [3.63, 3.8) is 0 Å². The largest absolute Gasteiger partial charge is 0.493 e. The first-order valence-electron chi connectivity index (χ1n) is 12.9. The van der Waals surface area contributed by atoms with Crippen LogP contribution in [0.2, 0.25) is 5.02 Å². The van der Waals surface area contributed by atoms with Crippen LogP contribution in [0.4, 0.5) is 0 Å². The van der Waals surface area contributed by atoms with Gasteiger partial charge in [-0.2, -0.15) is 0 Å². The van der Waals surface area contributed by atoms with Crippen LogP contribution in [0.3, 0.4) is 0 Å². The van der Waals surface area contributed by atoms with Gasteiger partial charge in [0.1, 0.15) is 11.4 Å². The molecule has 4 rings (SSSR count). The number of aromatic nitrogens is 1. The minimum absolute atomic E-state index is 0.246. The summed E-state index contributed by atoms with van der Waals surface area (Å²) in [4.78, 5) is 4.50. The zero-order valence-corrected chi connectivity index (χ0v) is 21.8. The number of ether oxygens (including phenoxy) is 1. The number of aryl methyl sites for hydroxylation is 1. The lowest BCUT2D eigenvalue weighted by atomic mass is 9.83. The number of nitrogens with zero attached hydrogens (tertiary/aromatic N) is 1. The van der Waals surface area contributed by atoms with E-state index >= 15 is 0 Å². The predicted octanol–water partition coefficient (Wildman–Crippen LogP) is 6.41. The second-order valence-corrected chi connectivity index (χ2v) is 10.2. The fourth-order valence-electron chi connectivity index (χ4n) is 4.88. The van der Waals surface area contributed by atoms with Crippen LogP contribution >= 0.6 is 11.6 Å². The standard InChI is InChI=1S/C31H35ClN2O2/c1-24-21-25(5-12-29-13-9-27(22-34-29)26-7-10-28(32)11-8-26)6-14-30(24)36-20-17-31(15-2-3-16-31)23-33-18-4-19-35/h6-11,13-14,21-22,33,35H,2-4,15-20,23H2,1H3. The molecule has 0 unspecified atom stereocenters. The van der Waals surface area contributed by atoms with E-state index in [1.54, 1.807) is 0 Å². The van der Waals surface area contributed by atoms with Crippen LogP contribution < -0.4 is 10.1 Å². The van der Waals surface area contributed by atoms with Crippen molar-refractivity contribution < 1.29 is 9.84 Å². The Morgan fingerprint density at radius 1 is 1.03 bits per heavy atom. The molecule has 36 heavy (non-hydrogen) atoms. The zero-order valence-electron chi connectivity index (χ0n) is 21.0. The van der Waals surface area contributed by atoms with Gasteiger partial charge in [-0.3, -0.25) is 0 Å². The molecule has 1 fully saturated rings. The molecule has 1 aliphatic rings. The molecule has 188 valence electrons. The van der Waals surface area contributed by atoms with E-state index < -0.39 is 0 Å². The van der Waals surface area contributed by atoms with Gasteiger partial charge < -0.3 is 15.2 Å². The first-order chi connectivity index (χ1) is 17.6. The number of pyridine rings is 1. The van der Waals surface area contributed by atoms with Gasteiger partial charge in [0.2, 0.25) is 0 Å². The predicted molar refractivity (Wildman–Crippen MR) is 147 cm³/mol. The quantitative estimate of drug-likeness (QED) is 0.248. The van der Waals surface area contributed by atoms with E-state index in [4.69, 9.17) is 21.4 Å². The Kier molecular flexibility index (Phi) is 9.41. The van der Waals surface area contributed by atoms with Gasteiger partial charge in [0.25, 0.3) is 0 Å². The SMILES string of the molecule is Cc1cc(C#Cc2ccc(-c3ccc(Cl)cc3)cn2)ccc1OCCC1(CNCCCO)CCCC1. The molecule has 0 aliphatic heterocycles. The summed E-state index contributed by atoms with van der Waals surface area (Å²) >= 11 is 5.98. The molecule has 2 N–H and O–H groups in total. The summed E-state index contributed by atoms with van der Waals surface area (Å²) in [7, 11) is 0. The van der Waals surface area contributed by atoms with Gasteiger partial charge >= 0.3 is 0 Å². The van der Waals surface area contributed by atoms with E-state index in [2.05, 4.69) is 35.1 Å². The molecule has 4 nitrogen and oxygen atoms in total. The van der Waals surface area contributed by atoms with E-state index in [-0.39, 0.29) is 6.61 Å². The molecular formula is C31H35ClN2O2. The number of rotatable bonds is 10. The summed E-state index contributed by atoms with van der Waals surface area (Å²) in [6, 6.07) is 17.8. The maximum atomic E-state index is 9.01. The second-order valence-electron chi connectivity index (χ2n) is 9.73. The van der Waals surface area contributed by atoms with Crippen molar-refractivity contribution in [3.05, 3.63) is 82.6 Å². The number of aliphatic hydroxyl groups excluding tert-OH is 1. The Bertz CT molecular complexity index is 1170. The molecule has 0 saturated heterocycles. The van der Waals surface area contributed by atoms with E-state index in [1.807, 2.05) is 54.7 Å². The van der Waals surface area contributed by atoms with E-state index in [0.29, 0.717) is 5.41 Å². The topological polar surface area (TPSA) is 54.4 Å². The molecule has 0 bridgehead atoms. The minimum atomic E-state index is 0.246. The summed E-state index contributed by atoms with van der Waals surface area (Å²) < 4.78 is 6.20. The summed E-state index contributed by atoms with van der Waals surface area (Å²) in [5.41, 5.74) is 5.22. The van der Waals surface area contributed by atoms with Gasteiger partial charge in [0.15, 0.2) is 0 Å². The smallest absolute Gasteiger partial charge is 0.122 e. The highest BCUT2D eigenvalue weighted by Gasteiger charge is 2.33. The van der Waals surface area contributed by atoms with Crippen molar-refractivity contribution in [2.45, 2.75) is 45.4 Å². The Hall–Kier alpha value is -2.84. The van der Waals surface area contributed by atoms with Gasteiger partial charge in [0.05, 0.1) is 6.61 Å². The molecule has 0 amide bonds. The van der Waals surface area contributed by atoms with Crippen LogP contribution in [0.15, 0.2) is 60.8 Å². The van der Waals surface area contributed by atoms with E-state index in [9.17, 15) is 0 Å². The molecule has 1 saturated carbocycles. The van der Waals surface area contributed by atoms with Gasteiger partial charge in [-0.25, -0.2) is 4.98 Å². The summed E-state index contributed by atoms with van der Waals surface area (Å²) in [6.07, 6.45) is 8.81. The van der Waals surface area contributed by atoms with Crippen molar-refractivity contribution in [1.82, 2.24) is 10.3 Å². The maximum Gasteiger partial charge on any atom is 0.122 e. The second kappa shape index (κ2) is 12.9.